The van der Waals surface area contributed by atoms with Crippen LogP contribution in [-0.2, 0) is 11.0 Å². The zero-order valence-corrected chi connectivity index (χ0v) is 9.99. The minimum atomic E-state index is -0.268. The third-order valence-electron chi connectivity index (χ3n) is 3.43. The molecule has 0 aromatic carbocycles. The molecule has 0 spiro atoms. The summed E-state index contributed by atoms with van der Waals surface area (Å²) in [6, 6.07) is 0. The van der Waals surface area contributed by atoms with Crippen molar-refractivity contribution in [3.63, 3.8) is 0 Å². The average molecular weight is 208 g/mol. The molecule has 1 saturated carbocycles. The van der Waals surface area contributed by atoms with Crippen LogP contribution >= 0.6 is 0 Å². The molecule has 1 fully saturated rings. The Morgan fingerprint density at radius 1 is 1.47 bits per heavy atom. The van der Waals surface area contributed by atoms with Crippen LogP contribution in [0.1, 0.15) is 46.1 Å². The van der Waals surface area contributed by atoms with Crippen LogP contribution < -0.4 is 0 Å². The van der Waals surface area contributed by atoms with E-state index in [1.165, 1.54) is 5.56 Å². The van der Waals surface area contributed by atoms with E-state index in [2.05, 4.69) is 32.1 Å². The second-order valence-corrected chi connectivity index (χ2v) is 5.68. The summed E-state index contributed by atoms with van der Waals surface area (Å²) >= 11 is 0. The Hall–Kier alpha value is -0.830. The minimum Gasteiger partial charge on any atom is -0.392 e. The third-order valence-corrected chi connectivity index (χ3v) is 3.43. The first kappa shape index (κ1) is 10.7. The van der Waals surface area contributed by atoms with Gasteiger partial charge in [0.25, 0.3) is 0 Å². The lowest BCUT2D eigenvalue weighted by molar-refractivity contribution is 0.150. The Morgan fingerprint density at radius 3 is 2.40 bits per heavy atom. The van der Waals surface area contributed by atoms with Gasteiger partial charge in [0.05, 0.1) is 17.8 Å². The van der Waals surface area contributed by atoms with E-state index in [0.717, 1.165) is 12.8 Å². The number of aliphatic hydroxyl groups excluding tert-OH is 1. The number of hydrogen-bond donors (Lipinski definition) is 1. The largest absolute Gasteiger partial charge is 0.392 e. The van der Waals surface area contributed by atoms with Crippen LogP contribution in [0.3, 0.4) is 0 Å². The van der Waals surface area contributed by atoms with Crippen molar-refractivity contribution in [1.82, 2.24) is 9.78 Å². The van der Waals surface area contributed by atoms with Crippen molar-refractivity contribution < 1.29 is 5.11 Å². The molecular formula is C12H20N2O. The van der Waals surface area contributed by atoms with Gasteiger partial charge in [-0.25, -0.2) is 0 Å². The molecule has 2 rings (SSSR count). The van der Waals surface area contributed by atoms with Crippen LogP contribution in [0, 0.1) is 0 Å². The summed E-state index contributed by atoms with van der Waals surface area (Å²) in [5, 5.41) is 14.2. The molecule has 1 atom stereocenters. The molecule has 1 aliphatic rings. The maximum atomic E-state index is 9.77. The van der Waals surface area contributed by atoms with Crippen LogP contribution in [0.5, 0.6) is 0 Å². The zero-order valence-electron chi connectivity index (χ0n) is 9.99. The molecule has 1 aromatic rings. The topological polar surface area (TPSA) is 38.1 Å². The van der Waals surface area contributed by atoms with Crippen molar-refractivity contribution in [1.29, 1.82) is 0 Å². The summed E-state index contributed by atoms with van der Waals surface area (Å²) in [4.78, 5) is 0. The molecule has 1 aromatic heterocycles. The van der Waals surface area contributed by atoms with E-state index in [1.54, 1.807) is 0 Å². The second kappa shape index (κ2) is 3.08. The molecule has 0 radical (unpaired) electrons. The van der Waals surface area contributed by atoms with Crippen LogP contribution in [0.4, 0.5) is 0 Å². The first-order valence-electron chi connectivity index (χ1n) is 5.60. The fourth-order valence-electron chi connectivity index (χ4n) is 2.03. The Labute approximate surface area is 91.1 Å². The van der Waals surface area contributed by atoms with Gasteiger partial charge in [0.1, 0.15) is 0 Å². The SMILES string of the molecule is CC(O)C1(c2cnn(C(C)(C)C)c2)CC1. The number of rotatable bonds is 2. The third kappa shape index (κ3) is 1.69. The van der Waals surface area contributed by atoms with E-state index in [9.17, 15) is 5.11 Å². The summed E-state index contributed by atoms with van der Waals surface area (Å²) in [7, 11) is 0. The van der Waals surface area contributed by atoms with E-state index < -0.39 is 0 Å². The highest BCUT2D eigenvalue weighted by atomic mass is 16.3. The second-order valence-electron chi connectivity index (χ2n) is 5.68. The van der Waals surface area contributed by atoms with Gasteiger partial charge in [-0.3, -0.25) is 4.68 Å². The van der Waals surface area contributed by atoms with E-state index in [4.69, 9.17) is 0 Å². The quantitative estimate of drug-likeness (QED) is 0.807. The van der Waals surface area contributed by atoms with Crippen LogP contribution in [0.2, 0.25) is 0 Å². The first-order valence-corrected chi connectivity index (χ1v) is 5.60. The lowest BCUT2D eigenvalue weighted by Crippen LogP contribution is -2.24. The van der Waals surface area contributed by atoms with Crippen molar-refractivity contribution in [2.24, 2.45) is 0 Å². The Bertz CT molecular complexity index is 356. The monoisotopic (exact) mass is 208 g/mol. The Morgan fingerprint density at radius 2 is 2.07 bits per heavy atom. The van der Waals surface area contributed by atoms with E-state index >= 15 is 0 Å². The zero-order chi connectivity index (χ0) is 11.3. The highest BCUT2D eigenvalue weighted by Gasteiger charge is 2.49. The smallest absolute Gasteiger partial charge is 0.0609 e. The van der Waals surface area contributed by atoms with Gasteiger partial charge in [-0.2, -0.15) is 5.10 Å². The number of aromatic nitrogens is 2. The molecule has 0 amide bonds. The summed E-state index contributed by atoms with van der Waals surface area (Å²) in [6.45, 7) is 8.27. The molecule has 3 nitrogen and oxygen atoms in total. The molecule has 1 N–H and O–H groups in total. The van der Waals surface area contributed by atoms with Gasteiger partial charge in [-0.1, -0.05) is 0 Å². The van der Waals surface area contributed by atoms with Crippen molar-refractivity contribution in [3.8, 4) is 0 Å². The Kier molecular flexibility index (Phi) is 2.19. The predicted octanol–water partition coefficient (Wildman–Crippen LogP) is 2.05. The minimum absolute atomic E-state index is 0.00347. The number of nitrogens with zero attached hydrogens (tertiary/aromatic N) is 2. The molecule has 1 heterocycles. The highest BCUT2D eigenvalue weighted by molar-refractivity contribution is 5.29. The van der Waals surface area contributed by atoms with Gasteiger partial charge in [0.2, 0.25) is 0 Å². The standard InChI is InChI=1S/C12H20N2O/c1-9(15)12(5-6-12)10-7-13-14(8-10)11(2,3)4/h7-9,15H,5-6H2,1-4H3. The van der Waals surface area contributed by atoms with Gasteiger partial charge < -0.3 is 5.11 Å². The molecule has 1 unspecified atom stereocenters. The van der Waals surface area contributed by atoms with E-state index in [1.807, 2.05) is 17.8 Å². The van der Waals surface area contributed by atoms with Gasteiger partial charge in [-0.15, -0.1) is 0 Å². The average Bonchev–Trinajstić information content (AvgIpc) is 2.75. The Balaban J connectivity index is 2.29. The first-order chi connectivity index (χ1) is 6.86. The van der Waals surface area contributed by atoms with Gasteiger partial charge in [0.15, 0.2) is 0 Å². The molecule has 0 saturated heterocycles. The lowest BCUT2D eigenvalue weighted by Gasteiger charge is -2.20. The molecular weight excluding hydrogens is 188 g/mol. The molecule has 0 bridgehead atoms. The fourth-order valence-corrected chi connectivity index (χ4v) is 2.03. The van der Waals surface area contributed by atoms with Crippen molar-refractivity contribution in [2.75, 3.05) is 0 Å². The maximum Gasteiger partial charge on any atom is 0.0609 e. The lowest BCUT2D eigenvalue weighted by atomic mass is 9.94. The van der Waals surface area contributed by atoms with Crippen LogP contribution in [-0.4, -0.2) is 21.0 Å². The van der Waals surface area contributed by atoms with E-state index in [-0.39, 0.29) is 17.1 Å². The molecule has 3 heteroatoms. The van der Waals surface area contributed by atoms with Crippen molar-refractivity contribution in [2.45, 2.75) is 57.6 Å². The summed E-state index contributed by atoms with van der Waals surface area (Å²) in [5.74, 6) is 0. The molecule has 15 heavy (non-hydrogen) atoms. The van der Waals surface area contributed by atoms with Gasteiger partial charge >= 0.3 is 0 Å². The highest BCUT2D eigenvalue weighted by Crippen LogP contribution is 2.50. The van der Waals surface area contributed by atoms with Crippen LogP contribution in [0.15, 0.2) is 12.4 Å². The van der Waals surface area contributed by atoms with E-state index in [0.29, 0.717) is 0 Å². The molecule has 1 aliphatic carbocycles. The summed E-state index contributed by atoms with van der Waals surface area (Å²) in [6.07, 6.45) is 5.89. The maximum absolute atomic E-state index is 9.77. The van der Waals surface area contributed by atoms with Crippen LogP contribution in [0.25, 0.3) is 0 Å². The molecule has 0 aliphatic heterocycles. The summed E-state index contributed by atoms with van der Waals surface area (Å²) in [5.41, 5.74) is 1.21. The van der Waals surface area contributed by atoms with Gasteiger partial charge in [-0.05, 0) is 46.1 Å². The predicted molar refractivity (Wildman–Crippen MR) is 59.8 cm³/mol. The fraction of sp³-hybridized carbons (Fsp3) is 0.750. The van der Waals surface area contributed by atoms with Gasteiger partial charge in [0, 0.05) is 11.6 Å². The normalized spacial score (nSPS) is 21.4. The number of aliphatic hydroxyl groups is 1. The molecule has 84 valence electrons. The summed E-state index contributed by atoms with van der Waals surface area (Å²) < 4.78 is 1.98. The number of hydrogen-bond acceptors (Lipinski definition) is 2. The van der Waals surface area contributed by atoms with Crippen molar-refractivity contribution >= 4 is 0 Å². The van der Waals surface area contributed by atoms with Crippen molar-refractivity contribution in [3.05, 3.63) is 18.0 Å².